The van der Waals surface area contributed by atoms with E-state index in [2.05, 4.69) is 67.0 Å². The number of rotatable bonds is 6. The third-order valence-electron chi connectivity index (χ3n) is 6.59. The van der Waals surface area contributed by atoms with Gasteiger partial charge in [0.25, 0.3) is 0 Å². The Bertz CT molecular complexity index is 690. The monoisotopic (exact) mass is 512 g/mol. The number of carbonyl (C=O) groups is 2. The first-order valence-electron chi connectivity index (χ1n) is 13.2. The van der Waals surface area contributed by atoms with E-state index in [0.29, 0.717) is 30.3 Å². The maximum absolute atomic E-state index is 12.8. The summed E-state index contributed by atoms with van der Waals surface area (Å²) in [6, 6.07) is 0. The van der Waals surface area contributed by atoms with Gasteiger partial charge in [0.15, 0.2) is 22.4 Å². The van der Waals surface area contributed by atoms with Crippen molar-refractivity contribution >= 4 is 28.4 Å². The zero-order valence-corrected chi connectivity index (χ0v) is 25.8. The Kier molecular flexibility index (Phi) is 12.4. The van der Waals surface area contributed by atoms with Gasteiger partial charge in [0.1, 0.15) is 0 Å². The number of hydrogen-bond acceptors (Lipinski definition) is 5. The normalized spacial score (nSPS) is 30.4. The summed E-state index contributed by atoms with van der Waals surface area (Å²) in [5.41, 5.74) is 0.432. The first kappa shape index (κ1) is 31.3. The predicted molar refractivity (Wildman–Crippen MR) is 146 cm³/mol. The maximum atomic E-state index is 12.8. The predicted octanol–water partition coefficient (Wildman–Crippen LogP) is 6.99. The lowest BCUT2D eigenvalue weighted by Crippen LogP contribution is -2.43. The van der Waals surface area contributed by atoms with Crippen molar-refractivity contribution in [2.45, 2.75) is 118 Å². The Morgan fingerprint density at radius 2 is 1.50 bits per heavy atom. The van der Waals surface area contributed by atoms with E-state index in [1.165, 1.54) is 13.2 Å². The Morgan fingerprint density at radius 1 is 0.941 bits per heavy atom. The molecule has 0 unspecified atom stereocenters. The van der Waals surface area contributed by atoms with Gasteiger partial charge < -0.3 is 13.6 Å². The molecule has 198 valence electrons. The molecule has 0 aromatic heterocycles. The summed E-state index contributed by atoms with van der Waals surface area (Å²) in [7, 11) is -2.29. The van der Waals surface area contributed by atoms with Crippen molar-refractivity contribution in [2.75, 3.05) is 7.11 Å². The molecule has 7 heteroatoms. The Balaban J connectivity index is 3.53. The molecule has 0 aliphatic heterocycles. The van der Waals surface area contributed by atoms with Crippen LogP contribution < -0.4 is 0 Å². The average molecular weight is 513 g/mol. The molecule has 0 amide bonds. The van der Waals surface area contributed by atoms with Gasteiger partial charge in [0, 0.05) is 24.5 Å². The number of methoxy groups -OCH3 is 1. The first-order valence-corrected chi connectivity index (χ1v) is 20.0. The molecule has 0 heterocycles. The molecule has 0 bridgehead atoms. The molecule has 0 fully saturated rings. The molecule has 1 aliphatic carbocycles. The van der Waals surface area contributed by atoms with Gasteiger partial charge >= 0.3 is 5.97 Å². The van der Waals surface area contributed by atoms with Gasteiger partial charge in [-0.2, -0.15) is 0 Å². The van der Waals surface area contributed by atoms with Gasteiger partial charge in [0.05, 0.1) is 13.2 Å². The molecular weight excluding hydrogens is 460 g/mol. The second-order valence-corrected chi connectivity index (χ2v) is 21.7. The van der Waals surface area contributed by atoms with Crippen molar-refractivity contribution in [3.05, 3.63) is 11.6 Å². The number of carbonyl (C=O) groups excluding carboxylic acids is 2. The Morgan fingerprint density at radius 3 is 2.00 bits per heavy atom. The lowest BCUT2D eigenvalue weighted by atomic mass is 9.79. The standard InChI is InChI=1S/C27H52O5Si2/c1-19(2)24-18-25(31-33(6,7)8)21(4)14-12-13-20(3)15-23(28)16-22(27(29)30-5)17-26(24)32-34(9,10)11/h16,19-21,24-26H,12-15,17-18H2,1-11H3/b22-16+/t20-,21+,24-,25+,26-/m1/s1. The van der Waals surface area contributed by atoms with Crippen LogP contribution in [0, 0.1) is 23.7 Å². The fourth-order valence-electron chi connectivity index (χ4n) is 4.93. The van der Waals surface area contributed by atoms with Crippen LogP contribution in [0.2, 0.25) is 39.3 Å². The van der Waals surface area contributed by atoms with Crippen LogP contribution in [0.5, 0.6) is 0 Å². The number of allylic oxidation sites excluding steroid dienone is 1. The third-order valence-corrected chi connectivity index (χ3v) is 8.61. The number of ether oxygens (including phenoxy) is 1. The molecule has 1 rings (SSSR count). The Labute approximate surface area is 211 Å². The van der Waals surface area contributed by atoms with E-state index in [0.717, 1.165) is 25.7 Å². The molecule has 5 nitrogen and oxygen atoms in total. The van der Waals surface area contributed by atoms with E-state index in [4.69, 9.17) is 13.6 Å². The first-order chi connectivity index (χ1) is 15.5. The van der Waals surface area contributed by atoms with Crippen LogP contribution in [0.3, 0.4) is 0 Å². The summed E-state index contributed by atoms with van der Waals surface area (Å²) in [6.07, 6.45) is 6.47. The van der Waals surface area contributed by atoms with Crippen molar-refractivity contribution in [2.24, 2.45) is 23.7 Å². The summed E-state index contributed by atoms with van der Waals surface area (Å²) < 4.78 is 18.6. The van der Waals surface area contributed by atoms with Crippen LogP contribution in [0.1, 0.15) is 66.2 Å². The van der Waals surface area contributed by atoms with Crippen molar-refractivity contribution in [1.82, 2.24) is 0 Å². The Hall–Kier alpha value is -0.766. The molecule has 0 spiro atoms. The molecule has 1 aliphatic rings. The molecule has 0 aromatic rings. The fraction of sp³-hybridized carbons (Fsp3) is 0.852. The quantitative estimate of drug-likeness (QED) is 0.283. The highest BCUT2D eigenvalue weighted by atomic mass is 28.4. The van der Waals surface area contributed by atoms with Crippen LogP contribution in [-0.4, -0.2) is 47.7 Å². The van der Waals surface area contributed by atoms with Gasteiger partial charge in [-0.25, -0.2) is 4.79 Å². The van der Waals surface area contributed by atoms with Crippen LogP contribution in [0.4, 0.5) is 0 Å². The van der Waals surface area contributed by atoms with Gasteiger partial charge in [-0.05, 0) is 81.9 Å². The summed E-state index contributed by atoms with van der Waals surface area (Å²) in [5.74, 6) is 0.853. The van der Waals surface area contributed by atoms with E-state index >= 15 is 0 Å². The SMILES string of the molecule is COC(=O)/C1=C/C(=O)C[C@H](C)CCC[C@H](C)[C@@H](O[Si](C)(C)C)C[C@H](C(C)C)[C@H](O[Si](C)(C)C)C1. The number of esters is 1. The van der Waals surface area contributed by atoms with Crippen LogP contribution >= 0.6 is 0 Å². The van der Waals surface area contributed by atoms with Gasteiger partial charge in [-0.15, -0.1) is 0 Å². The molecular formula is C27H52O5Si2. The van der Waals surface area contributed by atoms with Crippen molar-refractivity contribution in [3.8, 4) is 0 Å². The molecule has 0 N–H and O–H groups in total. The zero-order chi connectivity index (χ0) is 26.3. The molecule has 5 atom stereocenters. The number of ketones is 1. The van der Waals surface area contributed by atoms with Crippen molar-refractivity contribution < 1.29 is 23.2 Å². The molecule has 0 aromatic carbocycles. The smallest absolute Gasteiger partial charge is 0.333 e. The van der Waals surface area contributed by atoms with E-state index in [1.807, 2.05) is 0 Å². The highest BCUT2D eigenvalue weighted by Crippen LogP contribution is 2.35. The van der Waals surface area contributed by atoms with Crippen LogP contribution in [0.25, 0.3) is 0 Å². The van der Waals surface area contributed by atoms with Crippen molar-refractivity contribution in [3.63, 3.8) is 0 Å². The average Bonchev–Trinajstić information content (AvgIpc) is 2.66. The second-order valence-electron chi connectivity index (χ2n) is 12.7. The summed E-state index contributed by atoms with van der Waals surface area (Å²) in [4.78, 5) is 25.6. The lowest BCUT2D eigenvalue weighted by molar-refractivity contribution is -0.137. The third kappa shape index (κ3) is 11.8. The molecule has 0 radical (unpaired) electrons. The second kappa shape index (κ2) is 13.5. The molecule has 34 heavy (non-hydrogen) atoms. The highest BCUT2D eigenvalue weighted by molar-refractivity contribution is 6.70. The summed E-state index contributed by atoms with van der Waals surface area (Å²) in [6.45, 7) is 22.2. The zero-order valence-electron chi connectivity index (χ0n) is 23.8. The molecule has 0 saturated heterocycles. The summed E-state index contributed by atoms with van der Waals surface area (Å²) >= 11 is 0. The van der Waals surface area contributed by atoms with Crippen LogP contribution in [-0.2, 0) is 23.2 Å². The van der Waals surface area contributed by atoms with Gasteiger partial charge in [-0.1, -0.05) is 40.5 Å². The van der Waals surface area contributed by atoms with Gasteiger partial charge in [-0.3, -0.25) is 4.79 Å². The minimum atomic E-state index is -1.93. The van der Waals surface area contributed by atoms with Crippen molar-refractivity contribution in [1.29, 1.82) is 0 Å². The fourth-order valence-corrected chi connectivity index (χ4v) is 7.33. The summed E-state index contributed by atoms with van der Waals surface area (Å²) in [5, 5.41) is 0. The van der Waals surface area contributed by atoms with E-state index in [-0.39, 0.29) is 29.8 Å². The number of hydrogen-bond donors (Lipinski definition) is 0. The van der Waals surface area contributed by atoms with E-state index in [9.17, 15) is 9.59 Å². The molecule has 0 saturated carbocycles. The maximum Gasteiger partial charge on any atom is 0.333 e. The lowest BCUT2D eigenvalue weighted by Gasteiger charge is -2.40. The topological polar surface area (TPSA) is 61.8 Å². The minimum absolute atomic E-state index is 0.00537. The largest absolute Gasteiger partial charge is 0.466 e. The van der Waals surface area contributed by atoms with E-state index in [1.54, 1.807) is 0 Å². The minimum Gasteiger partial charge on any atom is -0.466 e. The highest BCUT2D eigenvalue weighted by Gasteiger charge is 2.36. The van der Waals surface area contributed by atoms with E-state index < -0.39 is 22.6 Å². The van der Waals surface area contributed by atoms with Gasteiger partial charge in [0.2, 0.25) is 0 Å². The van der Waals surface area contributed by atoms with Crippen LogP contribution in [0.15, 0.2) is 11.6 Å².